The minimum Gasteiger partial charge on any atom is -0.334 e. The van der Waals surface area contributed by atoms with Crippen LogP contribution in [0.15, 0.2) is 34.9 Å². The Bertz CT molecular complexity index is 982. The van der Waals surface area contributed by atoms with Crippen molar-refractivity contribution in [3.05, 3.63) is 40.5 Å². The van der Waals surface area contributed by atoms with E-state index in [0.29, 0.717) is 35.9 Å². The fourth-order valence-corrected chi connectivity index (χ4v) is 4.00. The van der Waals surface area contributed by atoms with Crippen molar-refractivity contribution in [2.24, 2.45) is 0 Å². The Morgan fingerprint density at radius 1 is 1.33 bits per heavy atom. The van der Waals surface area contributed by atoms with Gasteiger partial charge < -0.3 is 4.90 Å². The average molecular weight is 466 g/mol. The molecule has 0 bridgehead atoms. The van der Waals surface area contributed by atoms with E-state index in [1.807, 2.05) is 0 Å². The number of aromatic nitrogens is 1. The van der Waals surface area contributed by atoms with E-state index in [2.05, 4.69) is 20.9 Å². The van der Waals surface area contributed by atoms with E-state index in [9.17, 15) is 26.4 Å². The van der Waals surface area contributed by atoms with Crippen LogP contribution < -0.4 is 4.72 Å². The molecule has 27 heavy (non-hydrogen) atoms. The summed E-state index contributed by atoms with van der Waals surface area (Å²) < 4.78 is 62.2. The van der Waals surface area contributed by atoms with Crippen molar-refractivity contribution < 1.29 is 26.4 Å². The highest BCUT2D eigenvalue weighted by molar-refractivity contribution is 9.10. The Labute approximate surface area is 161 Å². The topological polar surface area (TPSA) is 79.4 Å². The van der Waals surface area contributed by atoms with Crippen LogP contribution in [0.25, 0.3) is 10.9 Å². The lowest BCUT2D eigenvalue weighted by Crippen LogP contribution is -2.46. The summed E-state index contributed by atoms with van der Waals surface area (Å²) >= 11 is 3.34. The van der Waals surface area contributed by atoms with Gasteiger partial charge in [-0.25, -0.2) is 13.1 Å². The van der Waals surface area contributed by atoms with Crippen LogP contribution in [0.2, 0.25) is 0 Å². The van der Waals surface area contributed by atoms with Crippen molar-refractivity contribution in [3.8, 4) is 0 Å². The highest BCUT2D eigenvalue weighted by Crippen LogP contribution is 2.27. The molecule has 1 aromatic carbocycles. The lowest BCUT2D eigenvalue weighted by molar-refractivity contribution is -0.0448. The first-order valence-electron chi connectivity index (χ1n) is 8.01. The molecular weight excluding hydrogens is 451 g/mol. The molecule has 3 rings (SSSR count). The molecule has 1 fully saturated rings. The van der Waals surface area contributed by atoms with E-state index in [4.69, 9.17) is 0 Å². The van der Waals surface area contributed by atoms with Gasteiger partial charge in [-0.05, 0) is 37.1 Å². The van der Waals surface area contributed by atoms with Gasteiger partial charge >= 0.3 is 15.5 Å². The number of alkyl halides is 3. The molecule has 1 N–H and O–H groups in total. The fraction of sp³-hybridized carbons (Fsp3) is 0.375. The van der Waals surface area contributed by atoms with Crippen LogP contribution in [0.5, 0.6) is 0 Å². The number of sulfonamides is 1. The summed E-state index contributed by atoms with van der Waals surface area (Å²) in [6, 6.07) is 6.17. The molecule has 0 radical (unpaired) electrons. The van der Waals surface area contributed by atoms with Crippen LogP contribution in [0.1, 0.15) is 23.2 Å². The second-order valence-corrected chi connectivity index (χ2v) is 8.79. The van der Waals surface area contributed by atoms with E-state index in [1.54, 1.807) is 29.0 Å². The van der Waals surface area contributed by atoms with Gasteiger partial charge in [0.15, 0.2) is 0 Å². The van der Waals surface area contributed by atoms with Gasteiger partial charge in [-0.2, -0.15) is 13.2 Å². The second kappa shape index (κ2) is 7.36. The smallest absolute Gasteiger partial charge is 0.334 e. The van der Waals surface area contributed by atoms with Crippen LogP contribution in [0.4, 0.5) is 13.2 Å². The van der Waals surface area contributed by atoms with Crippen molar-refractivity contribution in [1.29, 1.82) is 0 Å². The maximum atomic E-state index is 13.0. The van der Waals surface area contributed by atoms with Crippen LogP contribution in [0, 0.1) is 0 Å². The number of carbonyl (C=O) groups is 1. The minimum atomic E-state index is -5.44. The zero-order chi connectivity index (χ0) is 19.8. The molecule has 1 aromatic heterocycles. The Morgan fingerprint density at radius 2 is 2.07 bits per heavy atom. The van der Waals surface area contributed by atoms with Gasteiger partial charge in [0.05, 0.1) is 11.1 Å². The van der Waals surface area contributed by atoms with Crippen molar-refractivity contribution in [2.45, 2.75) is 24.4 Å². The third-order valence-corrected chi connectivity index (χ3v) is 6.04. The summed E-state index contributed by atoms with van der Waals surface area (Å²) in [5.41, 5.74) is -4.40. The Hall–Kier alpha value is -1.72. The quantitative estimate of drug-likeness (QED) is 0.752. The number of nitrogens with zero attached hydrogens (tertiary/aromatic N) is 2. The lowest BCUT2D eigenvalue weighted by Gasteiger charge is -2.25. The summed E-state index contributed by atoms with van der Waals surface area (Å²) in [4.78, 5) is 18.6. The number of amides is 1. The van der Waals surface area contributed by atoms with Crippen LogP contribution in [-0.2, 0) is 10.0 Å². The van der Waals surface area contributed by atoms with E-state index in [-0.39, 0.29) is 5.91 Å². The molecule has 0 aliphatic carbocycles. The zero-order valence-corrected chi connectivity index (χ0v) is 16.2. The number of fused-ring (bicyclic) bond motifs is 1. The highest BCUT2D eigenvalue weighted by atomic mass is 79.9. The number of nitrogens with one attached hydrogen (secondary N) is 1. The van der Waals surface area contributed by atoms with Gasteiger partial charge in [-0.15, -0.1) is 0 Å². The van der Waals surface area contributed by atoms with Gasteiger partial charge in [-0.3, -0.25) is 9.78 Å². The molecule has 1 saturated heterocycles. The summed E-state index contributed by atoms with van der Waals surface area (Å²) in [5, 5.41) is 0.610. The fourth-order valence-electron chi connectivity index (χ4n) is 3.06. The van der Waals surface area contributed by atoms with Gasteiger partial charge in [-0.1, -0.05) is 15.9 Å². The third kappa shape index (κ3) is 4.09. The molecular formula is C16H15BrF3N3O3S. The van der Waals surface area contributed by atoms with E-state index in [0.717, 1.165) is 4.47 Å². The molecule has 2 heterocycles. The first kappa shape index (κ1) is 20.0. The van der Waals surface area contributed by atoms with Gasteiger partial charge in [0, 0.05) is 35.2 Å². The molecule has 11 heteroatoms. The molecule has 0 saturated carbocycles. The van der Waals surface area contributed by atoms with Crippen molar-refractivity contribution in [1.82, 2.24) is 14.6 Å². The second-order valence-electron chi connectivity index (χ2n) is 6.11. The molecule has 1 amide bonds. The van der Waals surface area contributed by atoms with Crippen molar-refractivity contribution in [2.75, 3.05) is 13.1 Å². The Kier molecular flexibility index (Phi) is 5.46. The number of pyridine rings is 1. The largest absolute Gasteiger partial charge is 0.511 e. The van der Waals surface area contributed by atoms with Crippen LogP contribution in [-0.4, -0.2) is 48.8 Å². The SMILES string of the molecule is O=C(c1ccnc2ccc(Br)cc12)N1CCCC1CNS(=O)(=O)C(F)(F)F. The molecule has 1 atom stereocenters. The molecule has 0 spiro atoms. The van der Waals surface area contributed by atoms with Crippen molar-refractivity contribution >= 4 is 42.8 Å². The predicted molar refractivity (Wildman–Crippen MR) is 96.5 cm³/mol. The Morgan fingerprint density at radius 3 is 2.78 bits per heavy atom. The zero-order valence-electron chi connectivity index (χ0n) is 13.8. The number of hydrogen-bond donors (Lipinski definition) is 1. The van der Waals surface area contributed by atoms with E-state index >= 15 is 0 Å². The molecule has 146 valence electrons. The Balaban J connectivity index is 1.84. The van der Waals surface area contributed by atoms with Gasteiger partial charge in [0.25, 0.3) is 5.91 Å². The summed E-state index contributed by atoms with van der Waals surface area (Å²) in [6.07, 6.45) is 2.48. The number of benzene rings is 1. The summed E-state index contributed by atoms with van der Waals surface area (Å²) in [6.45, 7) is -0.143. The maximum Gasteiger partial charge on any atom is 0.511 e. The number of hydrogen-bond acceptors (Lipinski definition) is 4. The molecule has 1 aliphatic heterocycles. The third-order valence-electron chi connectivity index (χ3n) is 4.39. The first-order valence-corrected chi connectivity index (χ1v) is 10.3. The molecule has 6 nitrogen and oxygen atoms in total. The maximum absolute atomic E-state index is 13.0. The summed E-state index contributed by atoms with van der Waals surface area (Å²) in [7, 11) is -5.44. The normalized spacial score (nSPS) is 18.2. The van der Waals surface area contributed by atoms with Gasteiger partial charge in [0.1, 0.15) is 0 Å². The molecule has 1 aliphatic rings. The standard InChI is InChI=1S/C16H15BrF3N3O3S/c17-10-3-4-14-13(8-10)12(5-6-21-14)15(24)23-7-1-2-11(23)9-22-27(25,26)16(18,19)20/h3-6,8,11,22H,1-2,7,9H2. The molecule has 1 unspecified atom stereocenters. The van der Waals surface area contributed by atoms with Crippen LogP contribution in [0.3, 0.4) is 0 Å². The van der Waals surface area contributed by atoms with E-state index in [1.165, 1.54) is 11.1 Å². The highest BCUT2D eigenvalue weighted by Gasteiger charge is 2.46. The lowest BCUT2D eigenvalue weighted by atomic mass is 10.1. The van der Waals surface area contributed by atoms with Crippen LogP contribution >= 0.6 is 15.9 Å². The number of halogens is 4. The minimum absolute atomic E-state index is 0.342. The monoisotopic (exact) mass is 465 g/mol. The first-order chi connectivity index (χ1) is 12.6. The summed E-state index contributed by atoms with van der Waals surface area (Å²) in [5.74, 6) is -0.366. The van der Waals surface area contributed by atoms with E-state index < -0.39 is 28.1 Å². The number of carbonyl (C=O) groups excluding carboxylic acids is 1. The van der Waals surface area contributed by atoms with Gasteiger partial charge in [0.2, 0.25) is 0 Å². The predicted octanol–water partition coefficient (Wildman–Crippen LogP) is 3.04. The number of likely N-dealkylation sites (tertiary alicyclic amines) is 1. The average Bonchev–Trinajstić information content (AvgIpc) is 3.06. The molecule has 2 aromatic rings. The van der Waals surface area contributed by atoms with Crippen molar-refractivity contribution in [3.63, 3.8) is 0 Å². The number of rotatable bonds is 4.